The predicted molar refractivity (Wildman–Crippen MR) is 104 cm³/mol. The first-order valence-electron chi connectivity index (χ1n) is 8.96. The largest absolute Gasteiger partial charge is 0.417 e. The second kappa shape index (κ2) is 7.87. The number of carbonyl (C=O) groups is 1. The molecule has 1 aromatic carbocycles. The normalized spacial score (nSPS) is 15.8. The molecule has 1 fully saturated rings. The molecule has 0 N–H and O–H groups in total. The number of alkyl halides is 3. The van der Waals surface area contributed by atoms with E-state index in [0.29, 0.717) is 13.1 Å². The van der Waals surface area contributed by atoms with E-state index in [4.69, 9.17) is 11.6 Å². The smallest absolute Gasteiger partial charge is 0.341 e. The van der Waals surface area contributed by atoms with E-state index >= 15 is 0 Å². The summed E-state index contributed by atoms with van der Waals surface area (Å²) in [6, 6.07) is 9.95. The number of aromatic nitrogens is 3. The lowest BCUT2D eigenvalue weighted by Gasteiger charge is -2.22. The highest BCUT2D eigenvalue weighted by atomic mass is 35.5. The Kier molecular flexibility index (Phi) is 5.44. The fourth-order valence-corrected chi connectivity index (χ4v) is 4.61. The van der Waals surface area contributed by atoms with Gasteiger partial charge in [-0.15, -0.1) is 10.2 Å². The summed E-state index contributed by atoms with van der Waals surface area (Å²) in [7, 11) is 0. The number of hydrogen-bond acceptors (Lipinski definition) is 4. The van der Waals surface area contributed by atoms with Crippen molar-refractivity contribution in [2.75, 3.05) is 13.1 Å². The molecule has 0 unspecified atom stereocenters. The minimum Gasteiger partial charge on any atom is -0.341 e. The number of nitrogens with zero attached hydrogens (tertiary/aromatic N) is 4. The minimum absolute atomic E-state index is 0.0893. The fourth-order valence-electron chi connectivity index (χ4n) is 3.27. The van der Waals surface area contributed by atoms with Crippen LogP contribution in [0.1, 0.15) is 29.2 Å². The van der Waals surface area contributed by atoms with Crippen LogP contribution in [0, 0.1) is 0 Å². The number of hydrogen-bond donors (Lipinski definition) is 0. The van der Waals surface area contributed by atoms with Crippen molar-refractivity contribution in [1.82, 2.24) is 19.5 Å². The van der Waals surface area contributed by atoms with Gasteiger partial charge >= 0.3 is 6.18 Å². The van der Waals surface area contributed by atoms with E-state index in [1.54, 1.807) is 4.90 Å². The van der Waals surface area contributed by atoms with Crippen LogP contribution in [0.4, 0.5) is 13.2 Å². The van der Waals surface area contributed by atoms with Gasteiger partial charge in [-0.1, -0.05) is 53.7 Å². The van der Waals surface area contributed by atoms with Gasteiger partial charge in [-0.3, -0.25) is 9.20 Å². The van der Waals surface area contributed by atoms with Crippen LogP contribution in [0.5, 0.6) is 0 Å². The van der Waals surface area contributed by atoms with Gasteiger partial charge < -0.3 is 4.90 Å². The van der Waals surface area contributed by atoms with Crippen molar-refractivity contribution in [3.05, 3.63) is 58.7 Å². The van der Waals surface area contributed by atoms with E-state index in [1.165, 1.54) is 4.40 Å². The molecule has 1 amide bonds. The average Bonchev–Trinajstić information content (AvgIpc) is 3.36. The number of likely N-dealkylation sites (tertiary alicyclic amines) is 1. The number of thioether (sulfide) groups is 1. The maximum atomic E-state index is 13.2. The minimum atomic E-state index is -4.56. The molecule has 4 rings (SSSR count). The fraction of sp³-hybridized carbons (Fsp3) is 0.316. The number of halogens is 4. The maximum Gasteiger partial charge on any atom is 0.417 e. The Morgan fingerprint density at radius 1 is 1.14 bits per heavy atom. The summed E-state index contributed by atoms with van der Waals surface area (Å²) in [5.41, 5.74) is -0.0365. The van der Waals surface area contributed by atoms with Gasteiger partial charge in [0.25, 0.3) is 0 Å². The van der Waals surface area contributed by atoms with Crippen LogP contribution in [0.15, 0.2) is 47.8 Å². The summed E-state index contributed by atoms with van der Waals surface area (Å²) in [5, 5.41) is 7.30. The summed E-state index contributed by atoms with van der Waals surface area (Å²) in [6.07, 6.45) is -1.77. The van der Waals surface area contributed by atoms with Crippen LogP contribution in [-0.2, 0) is 11.0 Å². The van der Waals surface area contributed by atoms with Crippen LogP contribution in [-0.4, -0.2) is 38.5 Å². The standard InChI is InChI=1S/C19H16ClF3N4OS/c20-14-10-13(19(21,22)23)11-27-16(14)24-25-18(27)29-15(12-6-2-1-3-7-12)17(28)26-8-4-5-9-26/h1-3,6-7,10-11,15H,4-5,8-9H2/t15-/m1/s1. The number of fused-ring (bicyclic) bond motifs is 1. The van der Waals surface area contributed by atoms with Crippen molar-refractivity contribution in [2.24, 2.45) is 0 Å². The molecule has 10 heteroatoms. The molecule has 0 saturated carbocycles. The third-order valence-electron chi connectivity index (χ3n) is 4.72. The van der Waals surface area contributed by atoms with Gasteiger partial charge in [-0.25, -0.2) is 0 Å². The lowest BCUT2D eigenvalue weighted by molar-refractivity contribution is -0.138. The number of benzene rings is 1. The van der Waals surface area contributed by atoms with Crippen molar-refractivity contribution in [3.63, 3.8) is 0 Å². The monoisotopic (exact) mass is 440 g/mol. The number of carbonyl (C=O) groups excluding carboxylic acids is 1. The number of amides is 1. The van der Waals surface area contributed by atoms with Crippen LogP contribution < -0.4 is 0 Å². The van der Waals surface area contributed by atoms with Crippen molar-refractivity contribution in [3.8, 4) is 0 Å². The molecular formula is C19H16ClF3N4OS. The van der Waals surface area contributed by atoms with Gasteiger partial charge in [0.2, 0.25) is 5.91 Å². The average molecular weight is 441 g/mol. The Hall–Kier alpha value is -2.26. The summed E-state index contributed by atoms with van der Waals surface area (Å²) >= 11 is 7.07. The Balaban J connectivity index is 1.75. The molecule has 0 radical (unpaired) electrons. The zero-order valence-electron chi connectivity index (χ0n) is 15.1. The zero-order chi connectivity index (χ0) is 20.6. The molecule has 152 valence electrons. The van der Waals surface area contributed by atoms with Crippen molar-refractivity contribution in [2.45, 2.75) is 29.4 Å². The van der Waals surface area contributed by atoms with E-state index < -0.39 is 17.0 Å². The molecule has 1 saturated heterocycles. The summed E-state index contributed by atoms with van der Waals surface area (Å²) in [6.45, 7) is 1.35. The predicted octanol–water partition coefficient (Wildman–Crippen LogP) is 4.86. The van der Waals surface area contributed by atoms with Crippen LogP contribution >= 0.6 is 23.4 Å². The Labute approximate surface area is 173 Å². The molecular weight excluding hydrogens is 425 g/mol. The van der Waals surface area contributed by atoms with E-state index in [2.05, 4.69) is 10.2 Å². The van der Waals surface area contributed by atoms with E-state index in [0.717, 1.165) is 42.4 Å². The first-order chi connectivity index (χ1) is 13.8. The second-order valence-electron chi connectivity index (χ2n) is 6.69. The molecule has 2 aromatic heterocycles. The second-order valence-corrected chi connectivity index (χ2v) is 8.17. The lowest BCUT2D eigenvalue weighted by Crippen LogP contribution is -2.31. The molecule has 3 aromatic rings. The maximum absolute atomic E-state index is 13.2. The molecule has 29 heavy (non-hydrogen) atoms. The lowest BCUT2D eigenvalue weighted by atomic mass is 10.1. The first-order valence-corrected chi connectivity index (χ1v) is 10.2. The van der Waals surface area contributed by atoms with Crippen LogP contribution in [0.3, 0.4) is 0 Å². The van der Waals surface area contributed by atoms with Gasteiger partial charge in [-0.2, -0.15) is 13.2 Å². The number of pyridine rings is 1. The van der Waals surface area contributed by atoms with Gasteiger partial charge in [-0.05, 0) is 24.5 Å². The summed E-state index contributed by atoms with van der Waals surface area (Å²) < 4.78 is 40.8. The Bertz CT molecular complexity index is 1040. The SMILES string of the molecule is O=C([C@H](Sc1nnc2c(Cl)cc(C(F)(F)F)cn12)c1ccccc1)N1CCCC1. The van der Waals surface area contributed by atoms with Crippen LogP contribution in [0.2, 0.25) is 5.02 Å². The Morgan fingerprint density at radius 2 is 1.83 bits per heavy atom. The van der Waals surface area contributed by atoms with Gasteiger partial charge in [0, 0.05) is 19.3 Å². The van der Waals surface area contributed by atoms with E-state index in [9.17, 15) is 18.0 Å². The number of rotatable bonds is 4. The van der Waals surface area contributed by atoms with Crippen LogP contribution in [0.25, 0.3) is 5.65 Å². The van der Waals surface area contributed by atoms with Gasteiger partial charge in [0.05, 0.1) is 10.6 Å². The third-order valence-corrected chi connectivity index (χ3v) is 6.20. The third kappa shape index (κ3) is 4.06. The molecule has 5 nitrogen and oxygen atoms in total. The quantitative estimate of drug-likeness (QED) is 0.544. The zero-order valence-corrected chi connectivity index (χ0v) is 16.6. The molecule has 1 aliphatic rings. The van der Waals surface area contributed by atoms with Gasteiger partial charge in [0.1, 0.15) is 5.25 Å². The molecule has 1 atom stereocenters. The highest BCUT2D eigenvalue weighted by molar-refractivity contribution is 8.00. The molecule has 0 spiro atoms. The van der Waals surface area contributed by atoms with Crippen molar-refractivity contribution >= 4 is 34.9 Å². The van der Waals surface area contributed by atoms with E-state index in [-0.39, 0.29) is 21.7 Å². The van der Waals surface area contributed by atoms with Crippen molar-refractivity contribution in [1.29, 1.82) is 0 Å². The highest BCUT2D eigenvalue weighted by Crippen LogP contribution is 2.39. The van der Waals surface area contributed by atoms with E-state index in [1.807, 2.05) is 30.3 Å². The Morgan fingerprint density at radius 3 is 2.48 bits per heavy atom. The topological polar surface area (TPSA) is 50.5 Å². The molecule has 0 bridgehead atoms. The van der Waals surface area contributed by atoms with Gasteiger partial charge in [0.15, 0.2) is 10.8 Å². The molecule has 1 aliphatic heterocycles. The van der Waals surface area contributed by atoms with Crippen molar-refractivity contribution < 1.29 is 18.0 Å². The first kappa shape index (κ1) is 20.0. The highest BCUT2D eigenvalue weighted by Gasteiger charge is 2.34. The molecule has 3 heterocycles. The summed E-state index contributed by atoms with van der Waals surface area (Å²) in [4.78, 5) is 14.9. The molecule has 0 aliphatic carbocycles. The summed E-state index contributed by atoms with van der Waals surface area (Å²) in [5.74, 6) is -0.0893.